The minimum atomic E-state index is -0.273. The van der Waals surface area contributed by atoms with Crippen LogP contribution in [0.5, 0.6) is 11.5 Å². The maximum atomic E-state index is 13.7. The maximum absolute atomic E-state index is 13.7. The molecule has 0 radical (unpaired) electrons. The zero-order valence-corrected chi connectivity index (χ0v) is 19.4. The summed E-state index contributed by atoms with van der Waals surface area (Å²) in [5.74, 6) is 0.717. The first kappa shape index (κ1) is 24.3. The van der Waals surface area contributed by atoms with E-state index in [-0.39, 0.29) is 23.5 Å². The quantitative estimate of drug-likeness (QED) is 0.610. The van der Waals surface area contributed by atoms with Gasteiger partial charge in [-0.1, -0.05) is 18.2 Å². The number of methoxy groups -OCH3 is 1. The molecule has 1 saturated heterocycles. The number of benzene rings is 2. The molecule has 0 aliphatic carbocycles. The van der Waals surface area contributed by atoms with Crippen molar-refractivity contribution in [1.29, 1.82) is 0 Å². The van der Waals surface area contributed by atoms with E-state index in [0.717, 1.165) is 11.1 Å². The van der Waals surface area contributed by atoms with E-state index in [9.17, 15) is 14.0 Å². The van der Waals surface area contributed by atoms with E-state index in [1.807, 2.05) is 31.2 Å². The Morgan fingerprint density at radius 1 is 1.15 bits per heavy atom. The van der Waals surface area contributed by atoms with Crippen molar-refractivity contribution in [3.63, 3.8) is 0 Å². The minimum absolute atomic E-state index is 0.0555. The zero-order valence-electron chi connectivity index (χ0n) is 19.4. The van der Waals surface area contributed by atoms with E-state index < -0.39 is 0 Å². The number of hydrogen-bond donors (Lipinski definition) is 1. The van der Waals surface area contributed by atoms with Crippen LogP contribution in [-0.2, 0) is 16.1 Å². The van der Waals surface area contributed by atoms with Crippen molar-refractivity contribution in [3.8, 4) is 11.5 Å². The van der Waals surface area contributed by atoms with E-state index in [0.29, 0.717) is 56.1 Å². The summed E-state index contributed by atoms with van der Waals surface area (Å²) in [5.41, 5.74) is 2.15. The number of halogens is 1. The Morgan fingerprint density at radius 2 is 1.91 bits per heavy atom. The molecule has 0 spiro atoms. The second-order valence-corrected chi connectivity index (χ2v) is 8.08. The Balaban J connectivity index is 1.48. The van der Waals surface area contributed by atoms with Crippen LogP contribution in [0.4, 0.5) is 4.39 Å². The number of nitrogens with one attached hydrogen (secondary N) is 1. The first-order valence-electron chi connectivity index (χ1n) is 11.2. The first-order chi connectivity index (χ1) is 15.9. The molecule has 1 N–H and O–H groups in total. The molecule has 7 heteroatoms. The van der Waals surface area contributed by atoms with Gasteiger partial charge in [0.2, 0.25) is 11.8 Å². The molecular formula is C26H31FN2O4. The molecule has 3 rings (SSSR count). The average molecular weight is 455 g/mol. The average Bonchev–Trinajstić information content (AvgIpc) is 2.84. The molecule has 0 atom stereocenters. The van der Waals surface area contributed by atoms with Crippen LogP contribution in [0.2, 0.25) is 0 Å². The van der Waals surface area contributed by atoms with Gasteiger partial charge in [-0.2, -0.15) is 0 Å². The number of carbonyl (C=O) groups is 2. The number of aryl methyl sites for hydroxylation is 1. The summed E-state index contributed by atoms with van der Waals surface area (Å²) < 4.78 is 24.5. The van der Waals surface area contributed by atoms with Gasteiger partial charge in [-0.05, 0) is 67.7 Å². The van der Waals surface area contributed by atoms with Crippen LogP contribution in [0.25, 0.3) is 6.08 Å². The number of piperidine rings is 1. The van der Waals surface area contributed by atoms with Crippen molar-refractivity contribution in [2.45, 2.75) is 33.2 Å². The van der Waals surface area contributed by atoms with Gasteiger partial charge in [-0.3, -0.25) is 9.59 Å². The van der Waals surface area contributed by atoms with E-state index >= 15 is 0 Å². The summed E-state index contributed by atoms with van der Waals surface area (Å²) in [4.78, 5) is 26.8. The Bertz CT molecular complexity index is 1010. The molecule has 0 aromatic heterocycles. The summed E-state index contributed by atoms with van der Waals surface area (Å²) in [7, 11) is 1.58. The van der Waals surface area contributed by atoms with E-state index in [1.54, 1.807) is 37.2 Å². The van der Waals surface area contributed by atoms with E-state index in [2.05, 4.69) is 5.32 Å². The monoisotopic (exact) mass is 454 g/mol. The molecule has 1 aliphatic heterocycles. The topological polar surface area (TPSA) is 67.9 Å². The molecule has 1 aliphatic rings. The van der Waals surface area contributed by atoms with Crippen molar-refractivity contribution in [1.82, 2.24) is 10.2 Å². The molecule has 0 saturated carbocycles. The Labute approximate surface area is 194 Å². The summed E-state index contributed by atoms with van der Waals surface area (Å²) >= 11 is 0. The fourth-order valence-electron chi connectivity index (χ4n) is 3.78. The summed E-state index contributed by atoms with van der Waals surface area (Å²) in [5, 5.41) is 2.89. The number of likely N-dealkylation sites (tertiary alicyclic amines) is 1. The molecule has 2 aromatic rings. The number of ether oxygens (including phenoxy) is 2. The lowest BCUT2D eigenvalue weighted by atomic mass is 9.95. The predicted octanol–water partition coefficient (Wildman–Crippen LogP) is 4.11. The lowest BCUT2D eigenvalue weighted by molar-refractivity contribution is -0.132. The van der Waals surface area contributed by atoms with Crippen LogP contribution < -0.4 is 14.8 Å². The van der Waals surface area contributed by atoms with Gasteiger partial charge >= 0.3 is 0 Å². The third-order valence-corrected chi connectivity index (χ3v) is 5.79. The molecule has 6 nitrogen and oxygen atoms in total. The Kier molecular flexibility index (Phi) is 8.46. The lowest BCUT2D eigenvalue weighted by Gasteiger charge is -2.30. The van der Waals surface area contributed by atoms with Gasteiger partial charge in [0.25, 0.3) is 0 Å². The Morgan fingerprint density at radius 3 is 2.58 bits per heavy atom. The van der Waals surface area contributed by atoms with Crippen molar-refractivity contribution < 1.29 is 23.5 Å². The highest BCUT2D eigenvalue weighted by Gasteiger charge is 2.26. The van der Waals surface area contributed by atoms with Crippen LogP contribution >= 0.6 is 0 Å². The van der Waals surface area contributed by atoms with Crippen molar-refractivity contribution in [3.05, 3.63) is 65.0 Å². The van der Waals surface area contributed by atoms with Crippen molar-refractivity contribution >= 4 is 17.9 Å². The standard InChI is InChI=1S/C26H31FN2O4/c1-4-33-23-9-7-19(16-24(23)32-3)8-10-25(30)29-13-11-21(12-14-29)26(31)28-17-20-6-5-18(2)22(27)15-20/h5-10,15-16,21H,4,11-14,17H2,1-3H3,(H,28,31)/b10-8+. The van der Waals surface area contributed by atoms with Crippen molar-refractivity contribution in [2.75, 3.05) is 26.8 Å². The van der Waals surface area contributed by atoms with E-state index in [1.165, 1.54) is 6.07 Å². The molecular weight excluding hydrogens is 423 g/mol. The van der Waals surface area contributed by atoms with Crippen molar-refractivity contribution in [2.24, 2.45) is 5.92 Å². The van der Waals surface area contributed by atoms with E-state index in [4.69, 9.17) is 9.47 Å². The Hall–Kier alpha value is -3.35. The molecule has 0 bridgehead atoms. The second-order valence-electron chi connectivity index (χ2n) is 8.08. The van der Waals surface area contributed by atoms with Gasteiger partial charge in [0.15, 0.2) is 11.5 Å². The molecule has 176 valence electrons. The summed E-state index contributed by atoms with van der Waals surface area (Å²) in [6.45, 7) is 5.49. The third-order valence-electron chi connectivity index (χ3n) is 5.79. The van der Waals surface area contributed by atoms with Crippen LogP contribution in [0, 0.1) is 18.7 Å². The highest BCUT2D eigenvalue weighted by atomic mass is 19.1. The third kappa shape index (κ3) is 6.57. The molecule has 1 fully saturated rings. The van der Waals surface area contributed by atoms with Crippen LogP contribution in [0.15, 0.2) is 42.5 Å². The SMILES string of the molecule is CCOc1ccc(/C=C/C(=O)N2CCC(C(=O)NCc3ccc(C)c(F)c3)CC2)cc1OC. The van der Waals surface area contributed by atoms with Gasteiger partial charge < -0.3 is 19.7 Å². The summed E-state index contributed by atoms with van der Waals surface area (Å²) in [6, 6.07) is 10.5. The van der Waals surface area contributed by atoms with Crippen LogP contribution in [0.3, 0.4) is 0 Å². The smallest absolute Gasteiger partial charge is 0.246 e. The number of rotatable bonds is 8. The van der Waals surface area contributed by atoms with Gasteiger partial charge in [-0.25, -0.2) is 4.39 Å². The maximum Gasteiger partial charge on any atom is 0.246 e. The normalized spacial score (nSPS) is 14.4. The fraction of sp³-hybridized carbons (Fsp3) is 0.385. The zero-order chi connectivity index (χ0) is 23.8. The molecule has 33 heavy (non-hydrogen) atoms. The number of hydrogen-bond acceptors (Lipinski definition) is 4. The molecule has 1 heterocycles. The number of carbonyl (C=O) groups excluding carboxylic acids is 2. The highest BCUT2D eigenvalue weighted by Crippen LogP contribution is 2.28. The summed E-state index contributed by atoms with van der Waals surface area (Å²) in [6.07, 6.45) is 4.50. The largest absolute Gasteiger partial charge is 0.493 e. The number of amides is 2. The highest BCUT2D eigenvalue weighted by molar-refractivity contribution is 5.92. The van der Waals surface area contributed by atoms with Gasteiger partial charge in [0, 0.05) is 31.6 Å². The van der Waals surface area contributed by atoms with Gasteiger partial charge in [-0.15, -0.1) is 0 Å². The van der Waals surface area contributed by atoms with Gasteiger partial charge in [0.05, 0.1) is 13.7 Å². The lowest BCUT2D eigenvalue weighted by Crippen LogP contribution is -2.42. The molecule has 2 aromatic carbocycles. The minimum Gasteiger partial charge on any atom is -0.493 e. The first-order valence-corrected chi connectivity index (χ1v) is 11.2. The number of nitrogens with zero attached hydrogens (tertiary/aromatic N) is 1. The van der Waals surface area contributed by atoms with Gasteiger partial charge in [0.1, 0.15) is 5.82 Å². The molecule has 0 unspecified atom stereocenters. The fourth-order valence-corrected chi connectivity index (χ4v) is 3.78. The van der Waals surface area contributed by atoms with Crippen LogP contribution in [-0.4, -0.2) is 43.5 Å². The second kappa shape index (κ2) is 11.5. The van der Waals surface area contributed by atoms with Crippen LogP contribution in [0.1, 0.15) is 36.5 Å². The predicted molar refractivity (Wildman–Crippen MR) is 125 cm³/mol. The molecule has 2 amide bonds.